The first-order valence-electron chi connectivity index (χ1n) is 3.88. The smallest absolute Gasteiger partial charge is 0.273 e. The van der Waals surface area contributed by atoms with Crippen molar-refractivity contribution in [1.29, 1.82) is 0 Å². The van der Waals surface area contributed by atoms with Crippen molar-refractivity contribution in [3.8, 4) is 0 Å². The zero-order chi connectivity index (χ0) is 11.0. The lowest BCUT2D eigenvalue weighted by Gasteiger charge is -2.17. The molecule has 0 fully saturated rings. The van der Waals surface area contributed by atoms with E-state index in [1.165, 1.54) is 13.4 Å². The van der Waals surface area contributed by atoms with Gasteiger partial charge in [-0.1, -0.05) is 0 Å². The molecule has 2 heterocycles. The van der Waals surface area contributed by atoms with Crippen LogP contribution in [0.1, 0.15) is 0 Å². The molecular formula is C7H6BrN3O3S. The minimum atomic E-state index is -1.15. The minimum Gasteiger partial charge on any atom is -0.495 e. The van der Waals surface area contributed by atoms with Gasteiger partial charge in [-0.3, -0.25) is 4.79 Å². The van der Waals surface area contributed by atoms with Gasteiger partial charge in [0, 0.05) is 11.5 Å². The number of anilines is 1. The van der Waals surface area contributed by atoms with Crippen LogP contribution in [-0.4, -0.2) is 33.7 Å². The van der Waals surface area contributed by atoms with Gasteiger partial charge in [-0.25, -0.2) is 9.88 Å². The van der Waals surface area contributed by atoms with Gasteiger partial charge in [-0.15, -0.1) is 0 Å². The standard InChI is InChI=1S/C7H6BrN3O3S/c1-14-4-3(8)5(12)11(6(4)13)7-9-2-10-15-7/h2,6,13H,1H3. The minimum absolute atomic E-state index is 0.176. The number of hydrogen-bond acceptors (Lipinski definition) is 6. The van der Waals surface area contributed by atoms with Crippen molar-refractivity contribution in [2.45, 2.75) is 6.23 Å². The Morgan fingerprint density at radius 2 is 2.47 bits per heavy atom. The highest BCUT2D eigenvalue weighted by Crippen LogP contribution is 2.33. The molecule has 8 heteroatoms. The first-order chi connectivity index (χ1) is 7.16. The molecule has 0 saturated heterocycles. The van der Waals surface area contributed by atoms with Gasteiger partial charge in [0.2, 0.25) is 5.13 Å². The Morgan fingerprint density at radius 3 is 2.93 bits per heavy atom. The van der Waals surface area contributed by atoms with Crippen LogP contribution in [0.15, 0.2) is 16.6 Å². The lowest BCUT2D eigenvalue weighted by Crippen LogP contribution is -2.35. The molecule has 0 aliphatic carbocycles. The van der Waals surface area contributed by atoms with E-state index in [0.29, 0.717) is 5.13 Å². The fraction of sp³-hybridized carbons (Fsp3) is 0.286. The average molecular weight is 292 g/mol. The molecule has 1 aliphatic rings. The fourth-order valence-corrected chi connectivity index (χ4v) is 2.32. The summed E-state index contributed by atoms with van der Waals surface area (Å²) in [6, 6.07) is 0. The summed E-state index contributed by atoms with van der Waals surface area (Å²) in [5.74, 6) is -0.216. The second-order valence-electron chi connectivity index (χ2n) is 2.66. The highest BCUT2D eigenvalue weighted by Gasteiger charge is 2.40. The van der Waals surface area contributed by atoms with Crippen molar-refractivity contribution >= 4 is 38.5 Å². The number of hydrogen-bond donors (Lipinski definition) is 1. The highest BCUT2D eigenvalue weighted by molar-refractivity contribution is 9.12. The summed E-state index contributed by atoms with van der Waals surface area (Å²) in [5.41, 5.74) is 0. The summed E-state index contributed by atoms with van der Waals surface area (Å²) in [4.78, 5) is 16.7. The molecule has 80 valence electrons. The number of aliphatic hydroxyl groups excluding tert-OH is 1. The third kappa shape index (κ3) is 1.54. The summed E-state index contributed by atoms with van der Waals surface area (Å²) >= 11 is 4.08. The molecule has 2 rings (SSSR count). The molecule has 1 aromatic heterocycles. The fourth-order valence-electron chi connectivity index (χ4n) is 1.21. The van der Waals surface area contributed by atoms with Crippen molar-refractivity contribution in [3.05, 3.63) is 16.6 Å². The molecular weight excluding hydrogens is 286 g/mol. The zero-order valence-corrected chi connectivity index (χ0v) is 9.95. The molecule has 0 spiro atoms. The molecule has 0 radical (unpaired) electrons. The summed E-state index contributed by atoms with van der Waals surface area (Å²) in [5, 5.41) is 10.1. The van der Waals surface area contributed by atoms with Gasteiger partial charge < -0.3 is 9.84 Å². The Labute approximate surface area is 97.5 Å². The molecule has 1 unspecified atom stereocenters. The second kappa shape index (κ2) is 3.87. The third-order valence-electron chi connectivity index (χ3n) is 1.88. The van der Waals surface area contributed by atoms with Crippen LogP contribution in [0.2, 0.25) is 0 Å². The summed E-state index contributed by atoms with van der Waals surface area (Å²) in [6.07, 6.45) is 0.170. The van der Waals surface area contributed by atoms with Gasteiger partial charge >= 0.3 is 0 Å². The number of ether oxygens (including phenoxy) is 1. The second-order valence-corrected chi connectivity index (χ2v) is 4.21. The van der Waals surface area contributed by atoms with Crippen molar-refractivity contribution in [2.24, 2.45) is 0 Å². The molecule has 0 saturated carbocycles. The largest absolute Gasteiger partial charge is 0.495 e. The Hall–Kier alpha value is -0.990. The average Bonchev–Trinajstić information content (AvgIpc) is 2.77. The van der Waals surface area contributed by atoms with Crippen LogP contribution < -0.4 is 4.90 Å². The Morgan fingerprint density at radius 1 is 1.73 bits per heavy atom. The van der Waals surface area contributed by atoms with Gasteiger partial charge in [-0.05, 0) is 15.9 Å². The molecule has 1 atom stereocenters. The van der Waals surface area contributed by atoms with Gasteiger partial charge in [0.25, 0.3) is 5.91 Å². The number of amides is 1. The quantitative estimate of drug-likeness (QED) is 0.857. The van der Waals surface area contributed by atoms with E-state index in [1.54, 1.807) is 0 Å². The molecule has 1 N–H and O–H groups in total. The highest BCUT2D eigenvalue weighted by atomic mass is 79.9. The molecule has 0 bridgehead atoms. The number of aliphatic hydroxyl groups is 1. The maximum absolute atomic E-state index is 11.7. The molecule has 15 heavy (non-hydrogen) atoms. The van der Waals surface area contributed by atoms with E-state index in [4.69, 9.17) is 4.74 Å². The number of methoxy groups -OCH3 is 1. The van der Waals surface area contributed by atoms with Crippen LogP contribution in [0.3, 0.4) is 0 Å². The molecule has 1 aliphatic heterocycles. The predicted molar refractivity (Wildman–Crippen MR) is 56.4 cm³/mol. The summed E-state index contributed by atoms with van der Waals surface area (Å²) in [7, 11) is 1.39. The van der Waals surface area contributed by atoms with Crippen molar-refractivity contribution in [2.75, 3.05) is 12.0 Å². The van der Waals surface area contributed by atoms with Gasteiger partial charge in [-0.2, -0.15) is 4.37 Å². The van der Waals surface area contributed by atoms with Crippen molar-refractivity contribution < 1.29 is 14.6 Å². The monoisotopic (exact) mass is 291 g/mol. The normalized spacial score (nSPS) is 21.4. The number of halogens is 1. The van der Waals surface area contributed by atoms with Crippen molar-refractivity contribution in [3.63, 3.8) is 0 Å². The molecule has 6 nitrogen and oxygen atoms in total. The summed E-state index contributed by atoms with van der Waals surface area (Å²) < 4.78 is 8.88. The Kier molecular flexibility index (Phi) is 2.72. The van der Waals surface area contributed by atoms with E-state index in [0.717, 1.165) is 16.4 Å². The first-order valence-corrected chi connectivity index (χ1v) is 5.45. The lowest BCUT2D eigenvalue weighted by atomic mass is 10.5. The molecule has 1 aromatic rings. The predicted octanol–water partition coefficient (Wildman–Crippen LogP) is 0.456. The number of aromatic nitrogens is 2. The summed E-state index contributed by atoms with van der Waals surface area (Å²) in [6.45, 7) is 0. The maximum Gasteiger partial charge on any atom is 0.273 e. The van der Waals surface area contributed by atoms with Crippen LogP contribution in [0.4, 0.5) is 5.13 Å². The van der Waals surface area contributed by atoms with E-state index in [2.05, 4.69) is 25.3 Å². The maximum atomic E-state index is 11.7. The van der Waals surface area contributed by atoms with E-state index < -0.39 is 12.1 Å². The number of carbonyl (C=O) groups is 1. The first kappa shape index (κ1) is 10.5. The van der Waals surface area contributed by atoms with E-state index in [1.807, 2.05) is 0 Å². The van der Waals surface area contributed by atoms with Gasteiger partial charge in [0.1, 0.15) is 10.8 Å². The molecule has 0 aromatic carbocycles. The topological polar surface area (TPSA) is 75.5 Å². The lowest BCUT2D eigenvalue weighted by molar-refractivity contribution is -0.114. The number of nitrogens with zero attached hydrogens (tertiary/aromatic N) is 3. The van der Waals surface area contributed by atoms with Crippen LogP contribution in [0.5, 0.6) is 0 Å². The van der Waals surface area contributed by atoms with E-state index in [-0.39, 0.29) is 10.2 Å². The SMILES string of the molecule is COC1=C(Br)C(=O)N(c2ncns2)C1O. The third-order valence-corrected chi connectivity index (χ3v) is 3.27. The Balaban J connectivity index is 2.37. The van der Waals surface area contributed by atoms with Crippen LogP contribution in [0.25, 0.3) is 0 Å². The molecule has 1 amide bonds. The van der Waals surface area contributed by atoms with Gasteiger partial charge in [0.15, 0.2) is 12.0 Å². The zero-order valence-electron chi connectivity index (χ0n) is 7.55. The van der Waals surface area contributed by atoms with Crippen molar-refractivity contribution in [1.82, 2.24) is 9.36 Å². The van der Waals surface area contributed by atoms with Crippen LogP contribution in [0, 0.1) is 0 Å². The van der Waals surface area contributed by atoms with Crippen LogP contribution in [-0.2, 0) is 9.53 Å². The number of carbonyl (C=O) groups excluding carboxylic acids is 1. The Bertz CT molecular complexity index is 419. The van der Waals surface area contributed by atoms with Gasteiger partial charge in [0.05, 0.1) is 7.11 Å². The van der Waals surface area contributed by atoms with Crippen LogP contribution >= 0.6 is 27.5 Å². The number of rotatable bonds is 2. The van der Waals surface area contributed by atoms with E-state index in [9.17, 15) is 9.90 Å². The van der Waals surface area contributed by atoms with E-state index >= 15 is 0 Å².